The van der Waals surface area contributed by atoms with Crippen molar-refractivity contribution in [1.82, 2.24) is 10.3 Å². The Morgan fingerprint density at radius 1 is 1.35 bits per heavy atom. The predicted octanol–water partition coefficient (Wildman–Crippen LogP) is 0.345. The second-order valence-corrected chi connectivity index (χ2v) is 4.64. The topological polar surface area (TPSA) is 114 Å². The average molecular weight is 322 g/mol. The standard InChI is InChI=1S/C15H18N2O6/c1-21-11-2-4-12(5-3-11)22-9-14-17-13(8-23-14)15(20)16-6-10(19)7-18/h2-5,8,10,18-19H,6-7,9H2,1H3,(H,16,20)/t10-/m0/s1. The van der Waals surface area contributed by atoms with Crippen LogP contribution in [0.3, 0.4) is 0 Å². The highest BCUT2D eigenvalue weighted by Crippen LogP contribution is 2.18. The maximum atomic E-state index is 11.7. The van der Waals surface area contributed by atoms with Gasteiger partial charge in [-0.05, 0) is 24.3 Å². The summed E-state index contributed by atoms with van der Waals surface area (Å²) in [5, 5.41) is 20.3. The Labute approximate surface area is 132 Å². The molecule has 8 heteroatoms. The summed E-state index contributed by atoms with van der Waals surface area (Å²) in [4.78, 5) is 15.7. The summed E-state index contributed by atoms with van der Waals surface area (Å²) in [5.74, 6) is 1.07. The SMILES string of the molecule is COc1ccc(OCc2nc(C(=O)NC[C@H](O)CO)co2)cc1. The number of hydrogen-bond acceptors (Lipinski definition) is 7. The molecule has 2 aromatic rings. The van der Waals surface area contributed by atoms with Gasteiger partial charge in [0.05, 0.1) is 19.8 Å². The normalized spacial score (nSPS) is 11.8. The zero-order chi connectivity index (χ0) is 16.7. The fourth-order valence-corrected chi connectivity index (χ4v) is 1.66. The molecule has 0 bridgehead atoms. The molecule has 0 aliphatic rings. The van der Waals surface area contributed by atoms with Crippen molar-refractivity contribution >= 4 is 5.91 Å². The molecule has 0 aliphatic carbocycles. The van der Waals surface area contributed by atoms with Crippen molar-refractivity contribution in [2.45, 2.75) is 12.7 Å². The molecule has 8 nitrogen and oxygen atoms in total. The van der Waals surface area contributed by atoms with E-state index in [4.69, 9.17) is 24.1 Å². The third kappa shape index (κ3) is 4.97. The van der Waals surface area contributed by atoms with Gasteiger partial charge in [-0.25, -0.2) is 4.98 Å². The second kappa shape index (κ2) is 8.16. The van der Waals surface area contributed by atoms with Gasteiger partial charge in [0.15, 0.2) is 12.3 Å². The van der Waals surface area contributed by atoms with Gasteiger partial charge < -0.3 is 29.4 Å². The molecule has 0 saturated carbocycles. The highest BCUT2D eigenvalue weighted by Gasteiger charge is 2.13. The summed E-state index contributed by atoms with van der Waals surface area (Å²) >= 11 is 0. The van der Waals surface area contributed by atoms with Crippen LogP contribution in [-0.2, 0) is 6.61 Å². The lowest BCUT2D eigenvalue weighted by molar-refractivity contribution is 0.0798. The molecule has 23 heavy (non-hydrogen) atoms. The largest absolute Gasteiger partial charge is 0.497 e. The number of aliphatic hydroxyl groups excluding tert-OH is 2. The van der Waals surface area contributed by atoms with E-state index in [0.717, 1.165) is 5.75 Å². The Morgan fingerprint density at radius 3 is 2.70 bits per heavy atom. The van der Waals surface area contributed by atoms with E-state index in [1.165, 1.54) is 6.26 Å². The lowest BCUT2D eigenvalue weighted by atomic mass is 10.3. The lowest BCUT2D eigenvalue weighted by Gasteiger charge is -2.07. The van der Waals surface area contributed by atoms with Gasteiger partial charge in [-0.3, -0.25) is 4.79 Å². The van der Waals surface area contributed by atoms with Crippen molar-refractivity contribution in [3.05, 3.63) is 42.1 Å². The maximum absolute atomic E-state index is 11.7. The third-order valence-corrected chi connectivity index (χ3v) is 2.92. The summed E-state index contributed by atoms with van der Waals surface area (Å²) in [6.45, 7) is -0.432. The molecule has 0 fully saturated rings. The van der Waals surface area contributed by atoms with E-state index >= 15 is 0 Å². The van der Waals surface area contributed by atoms with Crippen LogP contribution in [0.2, 0.25) is 0 Å². The van der Waals surface area contributed by atoms with Crippen LogP contribution in [0.4, 0.5) is 0 Å². The number of carbonyl (C=O) groups excluding carboxylic acids is 1. The fraction of sp³-hybridized carbons (Fsp3) is 0.333. The third-order valence-electron chi connectivity index (χ3n) is 2.92. The van der Waals surface area contributed by atoms with E-state index in [1.807, 2.05) is 0 Å². The van der Waals surface area contributed by atoms with Crippen LogP contribution in [0.15, 0.2) is 34.9 Å². The van der Waals surface area contributed by atoms with E-state index in [-0.39, 0.29) is 24.7 Å². The van der Waals surface area contributed by atoms with Crippen LogP contribution in [0, 0.1) is 0 Å². The van der Waals surface area contributed by atoms with E-state index < -0.39 is 18.6 Å². The van der Waals surface area contributed by atoms with E-state index in [0.29, 0.717) is 5.75 Å². The molecule has 124 valence electrons. The van der Waals surface area contributed by atoms with Gasteiger partial charge in [-0.15, -0.1) is 0 Å². The van der Waals surface area contributed by atoms with Crippen LogP contribution >= 0.6 is 0 Å². The van der Waals surface area contributed by atoms with Gasteiger partial charge in [0, 0.05) is 6.54 Å². The van der Waals surface area contributed by atoms with Crippen LogP contribution in [-0.4, -0.2) is 47.5 Å². The molecular weight excluding hydrogens is 304 g/mol. The minimum Gasteiger partial charge on any atom is -0.497 e. The maximum Gasteiger partial charge on any atom is 0.273 e. The Balaban J connectivity index is 1.85. The Bertz CT molecular complexity index is 625. The van der Waals surface area contributed by atoms with Crippen LogP contribution in [0.1, 0.15) is 16.4 Å². The van der Waals surface area contributed by atoms with Gasteiger partial charge in [0.2, 0.25) is 5.89 Å². The minimum absolute atomic E-state index is 0.0683. The number of ether oxygens (including phenoxy) is 2. The van der Waals surface area contributed by atoms with Gasteiger partial charge in [0.1, 0.15) is 17.8 Å². The number of oxazole rings is 1. The summed E-state index contributed by atoms with van der Waals surface area (Å²) in [6, 6.07) is 7.00. The average Bonchev–Trinajstić information content (AvgIpc) is 3.07. The Kier molecular flexibility index (Phi) is 5.95. The molecular formula is C15H18N2O6. The molecule has 0 aliphatic heterocycles. The molecule has 1 amide bonds. The highest BCUT2D eigenvalue weighted by atomic mass is 16.5. The van der Waals surface area contributed by atoms with E-state index in [9.17, 15) is 4.79 Å². The number of aliphatic hydroxyl groups is 2. The first-order chi connectivity index (χ1) is 11.1. The van der Waals surface area contributed by atoms with E-state index in [2.05, 4.69) is 10.3 Å². The molecule has 1 heterocycles. The number of hydrogen-bond donors (Lipinski definition) is 3. The number of amides is 1. The minimum atomic E-state index is -1.01. The van der Waals surface area contributed by atoms with Crippen LogP contribution in [0.5, 0.6) is 11.5 Å². The lowest BCUT2D eigenvalue weighted by Crippen LogP contribution is -2.34. The number of nitrogens with one attached hydrogen (secondary N) is 1. The number of carbonyl (C=O) groups is 1. The molecule has 1 aromatic carbocycles. The summed E-state index contributed by atoms with van der Waals surface area (Å²) in [5.41, 5.74) is 0.0727. The van der Waals surface area contributed by atoms with Gasteiger partial charge in [0.25, 0.3) is 5.91 Å². The number of benzene rings is 1. The first-order valence-electron chi connectivity index (χ1n) is 6.90. The van der Waals surface area contributed by atoms with Crippen LogP contribution in [0.25, 0.3) is 0 Å². The quantitative estimate of drug-likeness (QED) is 0.642. The molecule has 0 unspecified atom stereocenters. The van der Waals surface area contributed by atoms with Crippen molar-refractivity contribution < 1.29 is 28.9 Å². The van der Waals surface area contributed by atoms with Crippen molar-refractivity contribution in [2.75, 3.05) is 20.3 Å². The smallest absolute Gasteiger partial charge is 0.273 e. The van der Waals surface area contributed by atoms with Gasteiger partial charge in [-0.1, -0.05) is 0 Å². The monoisotopic (exact) mass is 322 g/mol. The predicted molar refractivity (Wildman–Crippen MR) is 79.3 cm³/mol. The zero-order valence-electron chi connectivity index (χ0n) is 12.6. The number of aromatic nitrogens is 1. The van der Waals surface area contributed by atoms with Crippen molar-refractivity contribution in [2.24, 2.45) is 0 Å². The molecule has 0 radical (unpaired) electrons. The van der Waals surface area contributed by atoms with Gasteiger partial charge >= 0.3 is 0 Å². The molecule has 0 spiro atoms. The second-order valence-electron chi connectivity index (χ2n) is 4.64. The highest BCUT2D eigenvalue weighted by molar-refractivity contribution is 5.91. The fourth-order valence-electron chi connectivity index (χ4n) is 1.66. The summed E-state index contributed by atoms with van der Waals surface area (Å²) in [6.07, 6.45) is 0.191. The van der Waals surface area contributed by atoms with E-state index in [1.54, 1.807) is 31.4 Å². The Morgan fingerprint density at radius 2 is 2.04 bits per heavy atom. The molecule has 0 saturated heterocycles. The van der Waals surface area contributed by atoms with Crippen molar-refractivity contribution in [1.29, 1.82) is 0 Å². The summed E-state index contributed by atoms with van der Waals surface area (Å²) < 4.78 is 15.7. The van der Waals surface area contributed by atoms with Crippen molar-refractivity contribution in [3.8, 4) is 11.5 Å². The van der Waals surface area contributed by atoms with Gasteiger partial charge in [-0.2, -0.15) is 0 Å². The number of rotatable bonds is 8. The Hall–Kier alpha value is -2.58. The first kappa shape index (κ1) is 16.8. The zero-order valence-corrected chi connectivity index (χ0v) is 12.6. The molecule has 3 N–H and O–H groups in total. The van der Waals surface area contributed by atoms with Crippen molar-refractivity contribution in [3.63, 3.8) is 0 Å². The molecule has 2 rings (SSSR count). The molecule has 1 atom stereocenters. The number of nitrogens with zero attached hydrogens (tertiary/aromatic N) is 1. The number of methoxy groups -OCH3 is 1. The van der Waals surface area contributed by atoms with Crippen LogP contribution < -0.4 is 14.8 Å². The first-order valence-corrected chi connectivity index (χ1v) is 6.90. The summed E-state index contributed by atoms with van der Waals surface area (Å²) in [7, 11) is 1.58. The molecule has 1 aromatic heterocycles.